The quantitative estimate of drug-likeness (QED) is 0.492. The van der Waals surface area contributed by atoms with Crippen molar-refractivity contribution in [2.45, 2.75) is 0 Å². The largest absolute Gasteiger partial charge is 0.289 e. The van der Waals surface area contributed by atoms with Gasteiger partial charge in [0.1, 0.15) is 0 Å². The molecule has 2 aliphatic rings. The number of ketones is 1. The second-order valence-electron chi connectivity index (χ2n) is 4.47. The van der Waals surface area contributed by atoms with Gasteiger partial charge in [-0.05, 0) is 35.4 Å². The van der Waals surface area contributed by atoms with Gasteiger partial charge in [-0.25, -0.2) is 0 Å². The van der Waals surface area contributed by atoms with E-state index in [1.54, 1.807) is 0 Å². The van der Waals surface area contributed by atoms with Gasteiger partial charge in [0.2, 0.25) is 0 Å². The highest BCUT2D eigenvalue weighted by Crippen LogP contribution is 2.35. The number of carbonyl (C=O) groups excluding carboxylic acids is 1. The summed E-state index contributed by atoms with van der Waals surface area (Å²) in [6, 6.07) is 28.7. The second-order valence-corrected chi connectivity index (χ2v) is 4.47. The van der Waals surface area contributed by atoms with Gasteiger partial charge in [-0.2, -0.15) is 0 Å². The molecule has 0 bridgehead atoms. The van der Waals surface area contributed by atoms with Gasteiger partial charge >= 0.3 is 0 Å². The maximum atomic E-state index is 11.9. The minimum atomic E-state index is 0.0969. The summed E-state index contributed by atoms with van der Waals surface area (Å²) in [5.74, 6) is 0.0969. The van der Waals surface area contributed by atoms with Gasteiger partial charge in [0, 0.05) is 11.1 Å². The third kappa shape index (κ3) is 2.83. The van der Waals surface area contributed by atoms with E-state index in [0.29, 0.717) is 0 Å². The Morgan fingerprint density at radius 3 is 1.85 bits per heavy atom. The summed E-state index contributed by atoms with van der Waals surface area (Å²) in [4.78, 5) is 11.9. The monoisotopic (exact) mass is 256 g/mol. The molecule has 0 aromatic heterocycles. The van der Waals surface area contributed by atoms with Crippen molar-refractivity contribution in [1.82, 2.24) is 0 Å². The van der Waals surface area contributed by atoms with E-state index in [9.17, 15) is 4.79 Å². The summed E-state index contributed by atoms with van der Waals surface area (Å²) in [5.41, 5.74) is 3.70. The Balaban J connectivity index is 0.000000170. The lowest BCUT2D eigenvalue weighted by Gasteiger charge is -1.96. The predicted molar refractivity (Wildman–Crippen MR) is 79.4 cm³/mol. The molecule has 2 aromatic carbocycles. The first kappa shape index (κ1) is 12.4. The van der Waals surface area contributed by atoms with Gasteiger partial charge in [0.25, 0.3) is 0 Å². The molecule has 2 aromatic rings. The third-order valence-corrected chi connectivity index (χ3v) is 3.00. The summed E-state index contributed by atoms with van der Waals surface area (Å²) in [6.45, 7) is 0. The van der Waals surface area contributed by atoms with Gasteiger partial charge < -0.3 is 0 Å². The Bertz CT molecular complexity index is 664. The summed E-state index contributed by atoms with van der Waals surface area (Å²) in [7, 11) is 0. The minimum Gasteiger partial charge on any atom is -0.289 e. The van der Waals surface area contributed by atoms with Crippen molar-refractivity contribution < 1.29 is 4.79 Å². The van der Waals surface area contributed by atoms with Crippen LogP contribution in [0.4, 0.5) is 0 Å². The van der Waals surface area contributed by atoms with Crippen LogP contribution in [-0.4, -0.2) is 5.78 Å². The molecule has 0 aliphatic heterocycles. The van der Waals surface area contributed by atoms with E-state index in [-0.39, 0.29) is 5.78 Å². The zero-order valence-electron chi connectivity index (χ0n) is 10.8. The highest BCUT2D eigenvalue weighted by molar-refractivity contribution is 6.11. The molecule has 1 nitrogen and oxygen atoms in total. The molecule has 0 heterocycles. The highest BCUT2D eigenvalue weighted by Gasteiger charge is 2.19. The first-order valence-corrected chi connectivity index (χ1v) is 6.43. The topological polar surface area (TPSA) is 17.1 Å². The smallest absolute Gasteiger partial charge is 0.193 e. The van der Waals surface area contributed by atoms with E-state index in [1.807, 2.05) is 72.8 Å². The number of carbonyl (C=O) groups is 1. The molecular weight excluding hydrogens is 244 g/mol. The molecule has 94 valence electrons. The highest BCUT2D eigenvalue weighted by atomic mass is 16.1. The fourth-order valence-corrected chi connectivity index (χ4v) is 1.92. The molecular formula is C19H12O. The van der Waals surface area contributed by atoms with Gasteiger partial charge in [-0.1, -0.05) is 60.7 Å². The Morgan fingerprint density at radius 1 is 0.750 bits per heavy atom. The van der Waals surface area contributed by atoms with Crippen molar-refractivity contribution in [3.63, 3.8) is 0 Å². The Morgan fingerprint density at radius 2 is 1.35 bits per heavy atom. The van der Waals surface area contributed by atoms with Crippen molar-refractivity contribution in [1.29, 1.82) is 0 Å². The van der Waals surface area contributed by atoms with E-state index < -0.39 is 0 Å². The summed E-state index contributed by atoms with van der Waals surface area (Å²) >= 11 is 0. The van der Waals surface area contributed by atoms with E-state index >= 15 is 0 Å². The molecule has 1 heteroatoms. The zero-order chi connectivity index (χ0) is 13.8. The molecule has 0 fully saturated rings. The zero-order valence-corrected chi connectivity index (χ0v) is 10.8. The molecule has 0 saturated carbocycles. The first-order valence-electron chi connectivity index (χ1n) is 6.43. The number of hydrogen-bond donors (Lipinski definition) is 0. The summed E-state index contributed by atoms with van der Waals surface area (Å²) < 4.78 is 0. The van der Waals surface area contributed by atoms with Crippen molar-refractivity contribution >= 4 is 5.78 Å². The van der Waals surface area contributed by atoms with E-state index in [0.717, 1.165) is 22.3 Å². The van der Waals surface area contributed by atoms with Crippen LogP contribution >= 0.6 is 0 Å². The van der Waals surface area contributed by atoms with Crippen LogP contribution in [0.1, 0.15) is 15.9 Å². The number of hydrogen-bond acceptors (Lipinski definition) is 1. The predicted octanol–water partition coefficient (Wildman–Crippen LogP) is 4.18. The Labute approximate surface area is 118 Å². The summed E-state index contributed by atoms with van der Waals surface area (Å²) in [6.07, 6.45) is 0. The van der Waals surface area contributed by atoms with Crippen LogP contribution in [0, 0.1) is 12.1 Å². The molecule has 0 saturated heterocycles. The molecule has 4 rings (SSSR count). The van der Waals surface area contributed by atoms with Gasteiger partial charge in [0.05, 0.1) is 0 Å². The van der Waals surface area contributed by atoms with Gasteiger partial charge in [0.15, 0.2) is 5.78 Å². The average molecular weight is 256 g/mol. The van der Waals surface area contributed by atoms with E-state index in [1.165, 1.54) is 0 Å². The summed E-state index contributed by atoms with van der Waals surface area (Å²) in [5, 5.41) is 0. The number of benzene rings is 3. The van der Waals surface area contributed by atoms with E-state index in [4.69, 9.17) is 0 Å². The Kier molecular flexibility index (Phi) is 3.42. The van der Waals surface area contributed by atoms with Crippen LogP contribution in [0.25, 0.3) is 11.1 Å². The lowest BCUT2D eigenvalue weighted by molar-refractivity contribution is 0.103. The standard InChI is InChI=1S/C13H7O.C6H5/c14-13(9-4-2-1-3-5-9)12-7-10-6-11(10)8-12;1-2-4-6-5-3-1/h1-5,7-8H;1-5H. The van der Waals surface area contributed by atoms with Crippen LogP contribution in [0.3, 0.4) is 0 Å². The molecule has 2 radical (unpaired) electrons. The lowest BCUT2D eigenvalue weighted by atomic mass is 10.1. The maximum Gasteiger partial charge on any atom is 0.193 e. The molecule has 0 unspecified atom stereocenters. The lowest BCUT2D eigenvalue weighted by Crippen LogP contribution is -1.98. The van der Waals surface area contributed by atoms with Crippen molar-refractivity contribution in [2.75, 3.05) is 0 Å². The molecule has 20 heavy (non-hydrogen) atoms. The van der Waals surface area contributed by atoms with Crippen LogP contribution in [0.2, 0.25) is 0 Å². The second kappa shape index (κ2) is 5.54. The van der Waals surface area contributed by atoms with Crippen molar-refractivity contribution in [3.8, 4) is 11.1 Å². The number of rotatable bonds is 2. The molecule has 0 amide bonds. The van der Waals surface area contributed by atoms with E-state index in [2.05, 4.69) is 12.1 Å². The molecule has 0 atom stereocenters. The fraction of sp³-hybridized carbons (Fsp3) is 0. The SMILES string of the molecule is O=C(c1ccccc1)c1cc2[c]c-2c1.[c]1ccccc1. The molecule has 0 spiro atoms. The average Bonchev–Trinajstić information content (AvgIpc) is 3.16. The Hall–Kier alpha value is -2.67. The normalized spacial score (nSPS) is 10.2. The van der Waals surface area contributed by atoms with Crippen LogP contribution in [-0.2, 0) is 0 Å². The molecule has 2 aliphatic carbocycles. The maximum absolute atomic E-state index is 11.9. The minimum absolute atomic E-state index is 0.0969. The molecule has 0 N–H and O–H groups in total. The fourth-order valence-electron chi connectivity index (χ4n) is 1.92. The van der Waals surface area contributed by atoms with Crippen molar-refractivity contribution in [2.24, 2.45) is 0 Å². The van der Waals surface area contributed by atoms with Crippen molar-refractivity contribution in [3.05, 3.63) is 96.1 Å². The van der Waals surface area contributed by atoms with Crippen LogP contribution in [0.5, 0.6) is 0 Å². The number of fused-ring (bicyclic) bond motifs is 1. The van der Waals surface area contributed by atoms with Gasteiger partial charge in [-0.3, -0.25) is 4.79 Å². The van der Waals surface area contributed by atoms with Crippen LogP contribution < -0.4 is 0 Å². The van der Waals surface area contributed by atoms with Gasteiger partial charge in [-0.15, -0.1) is 0 Å². The van der Waals surface area contributed by atoms with Crippen LogP contribution in [0.15, 0.2) is 72.8 Å². The third-order valence-electron chi connectivity index (χ3n) is 3.00. The first-order chi connectivity index (χ1) is 9.84.